The Kier molecular flexibility index (Phi) is 6.21. The normalized spacial score (nSPS) is 12.0. The predicted molar refractivity (Wildman–Crippen MR) is 87.2 cm³/mol. The standard InChI is InChI=1S/C16H26N4O/c1-12-8-6-7-9-13(12)10-19-15(18-5)20-11-16(2,3)14(21)17-4/h6-9H,10-11H2,1-5H3,(H,17,21)(H2,18,19,20). The van der Waals surface area contributed by atoms with Crippen molar-refractivity contribution in [3.8, 4) is 0 Å². The van der Waals surface area contributed by atoms with Gasteiger partial charge in [-0.15, -0.1) is 0 Å². The van der Waals surface area contributed by atoms with Crippen molar-refractivity contribution in [2.75, 3.05) is 20.6 Å². The van der Waals surface area contributed by atoms with E-state index in [1.807, 2.05) is 26.0 Å². The fourth-order valence-corrected chi connectivity index (χ4v) is 1.93. The Hall–Kier alpha value is -2.04. The minimum atomic E-state index is -0.491. The van der Waals surface area contributed by atoms with Gasteiger partial charge in [-0.1, -0.05) is 24.3 Å². The summed E-state index contributed by atoms with van der Waals surface area (Å²) < 4.78 is 0. The molecule has 1 aromatic rings. The lowest BCUT2D eigenvalue weighted by Gasteiger charge is -2.24. The smallest absolute Gasteiger partial charge is 0.227 e. The van der Waals surface area contributed by atoms with E-state index in [9.17, 15) is 4.79 Å². The van der Waals surface area contributed by atoms with Gasteiger partial charge in [0.1, 0.15) is 0 Å². The van der Waals surface area contributed by atoms with Crippen LogP contribution < -0.4 is 16.0 Å². The van der Waals surface area contributed by atoms with Crippen LogP contribution in [0.25, 0.3) is 0 Å². The van der Waals surface area contributed by atoms with E-state index in [2.05, 4.69) is 40.0 Å². The lowest BCUT2D eigenvalue weighted by molar-refractivity contribution is -0.128. The molecule has 5 heteroatoms. The van der Waals surface area contributed by atoms with Gasteiger partial charge in [0.2, 0.25) is 5.91 Å². The van der Waals surface area contributed by atoms with E-state index in [0.29, 0.717) is 19.0 Å². The van der Waals surface area contributed by atoms with Crippen molar-refractivity contribution in [3.05, 3.63) is 35.4 Å². The number of nitrogens with zero attached hydrogens (tertiary/aromatic N) is 1. The van der Waals surface area contributed by atoms with Crippen LogP contribution in [0.2, 0.25) is 0 Å². The lowest BCUT2D eigenvalue weighted by atomic mass is 9.92. The molecule has 0 radical (unpaired) electrons. The first-order chi connectivity index (χ1) is 9.90. The highest BCUT2D eigenvalue weighted by molar-refractivity contribution is 5.84. The third-order valence-electron chi connectivity index (χ3n) is 3.47. The second-order valence-electron chi connectivity index (χ2n) is 5.67. The highest BCUT2D eigenvalue weighted by Crippen LogP contribution is 2.13. The molecule has 0 aliphatic rings. The van der Waals surface area contributed by atoms with Crippen LogP contribution in [0.15, 0.2) is 29.3 Å². The van der Waals surface area contributed by atoms with Crippen molar-refractivity contribution < 1.29 is 4.79 Å². The quantitative estimate of drug-likeness (QED) is 0.568. The van der Waals surface area contributed by atoms with Crippen LogP contribution in [-0.2, 0) is 11.3 Å². The van der Waals surface area contributed by atoms with Crippen molar-refractivity contribution >= 4 is 11.9 Å². The summed E-state index contributed by atoms with van der Waals surface area (Å²) in [5.74, 6) is 0.694. The summed E-state index contributed by atoms with van der Waals surface area (Å²) >= 11 is 0. The third kappa shape index (κ3) is 5.10. The molecule has 0 fully saturated rings. The van der Waals surface area contributed by atoms with Gasteiger partial charge in [-0.05, 0) is 31.9 Å². The molecule has 21 heavy (non-hydrogen) atoms. The van der Waals surface area contributed by atoms with E-state index in [1.54, 1.807) is 14.1 Å². The molecule has 3 N–H and O–H groups in total. The number of aliphatic imine (C=N–C) groups is 1. The van der Waals surface area contributed by atoms with E-state index in [0.717, 1.165) is 0 Å². The molecule has 116 valence electrons. The molecule has 0 saturated carbocycles. The number of nitrogens with one attached hydrogen (secondary N) is 3. The maximum Gasteiger partial charge on any atom is 0.227 e. The first-order valence-corrected chi connectivity index (χ1v) is 7.12. The Balaban J connectivity index is 2.54. The number of rotatable bonds is 5. The van der Waals surface area contributed by atoms with Gasteiger partial charge in [0.25, 0.3) is 0 Å². The van der Waals surface area contributed by atoms with Gasteiger partial charge in [-0.2, -0.15) is 0 Å². The van der Waals surface area contributed by atoms with Gasteiger partial charge in [0.05, 0.1) is 5.41 Å². The molecule has 0 bridgehead atoms. The van der Waals surface area contributed by atoms with Crippen molar-refractivity contribution in [2.45, 2.75) is 27.3 Å². The summed E-state index contributed by atoms with van der Waals surface area (Å²) in [5.41, 5.74) is 1.98. The van der Waals surface area contributed by atoms with Crippen LogP contribution in [0.1, 0.15) is 25.0 Å². The van der Waals surface area contributed by atoms with Crippen LogP contribution in [0.4, 0.5) is 0 Å². The van der Waals surface area contributed by atoms with Gasteiger partial charge in [-0.25, -0.2) is 0 Å². The summed E-state index contributed by atoms with van der Waals surface area (Å²) in [5, 5.41) is 9.13. The van der Waals surface area contributed by atoms with Crippen LogP contribution >= 0.6 is 0 Å². The number of carbonyl (C=O) groups is 1. The summed E-state index contributed by atoms with van der Waals surface area (Å²) in [6.07, 6.45) is 0. The molecule has 0 atom stereocenters. The minimum absolute atomic E-state index is 0.00403. The number of carbonyl (C=O) groups excluding carboxylic acids is 1. The Morgan fingerprint density at radius 2 is 1.90 bits per heavy atom. The van der Waals surface area contributed by atoms with Crippen LogP contribution in [0, 0.1) is 12.3 Å². The molecule has 0 unspecified atom stereocenters. The number of hydrogen-bond acceptors (Lipinski definition) is 2. The zero-order chi connectivity index (χ0) is 15.9. The number of aryl methyl sites for hydroxylation is 1. The van der Waals surface area contributed by atoms with Crippen LogP contribution in [-0.4, -0.2) is 32.5 Å². The average molecular weight is 290 g/mol. The molecule has 0 spiro atoms. The number of benzene rings is 1. The van der Waals surface area contributed by atoms with E-state index >= 15 is 0 Å². The van der Waals surface area contributed by atoms with Gasteiger partial charge in [0.15, 0.2) is 5.96 Å². The molecule has 0 heterocycles. The van der Waals surface area contributed by atoms with Crippen molar-refractivity contribution in [3.63, 3.8) is 0 Å². The molecule has 1 aromatic carbocycles. The highest BCUT2D eigenvalue weighted by atomic mass is 16.2. The van der Waals surface area contributed by atoms with E-state index in [4.69, 9.17) is 0 Å². The average Bonchev–Trinajstić information content (AvgIpc) is 2.48. The predicted octanol–water partition coefficient (Wildman–Crippen LogP) is 1.43. The van der Waals surface area contributed by atoms with Gasteiger partial charge in [0, 0.05) is 27.2 Å². The molecule has 0 saturated heterocycles. The summed E-state index contributed by atoms with van der Waals surface area (Å²) in [4.78, 5) is 15.9. The first-order valence-electron chi connectivity index (χ1n) is 7.12. The fraction of sp³-hybridized carbons (Fsp3) is 0.500. The van der Waals surface area contributed by atoms with Gasteiger partial charge in [-0.3, -0.25) is 9.79 Å². The zero-order valence-electron chi connectivity index (χ0n) is 13.6. The van der Waals surface area contributed by atoms with Gasteiger partial charge >= 0.3 is 0 Å². The van der Waals surface area contributed by atoms with Crippen molar-refractivity contribution in [1.29, 1.82) is 0 Å². The summed E-state index contributed by atoms with van der Waals surface area (Å²) in [6, 6.07) is 8.22. The van der Waals surface area contributed by atoms with E-state index in [-0.39, 0.29) is 5.91 Å². The highest BCUT2D eigenvalue weighted by Gasteiger charge is 2.26. The number of guanidine groups is 1. The summed E-state index contributed by atoms with van der Waals surface area (Å²) in [7, 11) is 3.37. The van der Waals surface area contributed by atoms with Gasteiger partial charge < -0.3 is 16.0 Å². The largest absolute Gasteiger partial charge is 0.359 e. The number of hydrogen-bond donors (Lipinski definition) is 3. The molecule has 5 nitrogen and oxygen atoms in total. The van der Waals surface area contributed by atoms with Crippen molar-refractivity contribution in [2.24, 2.45) is 10.4 Å². The number of amides is 1. The Labute approximate surface area is 127 Å². The molecule has 0 aliphatic carbocycles. The lowest BCUT2D eigenvalue weighted by Crippen LogP contribution is -2.47. The molecule has 0 aliphatic heterocycles. The van der Waals surface area contributed by atoms with Crippen molar-refractivity contribution in [1.82, 2.24) is 16.0 Å². The molecule has 1 rings (SSSR count). The topological polar surface area (TPSA) is 65.5 Å². The summed E-state index contributed by atoms with van der Waals surface area (Å²) in [6.45, 7) is 7.09. The SMILES string of the molecule is CN=C(NCc1ccccc1C)NCC(C)(C)C(=O)NC. The Morgan fingerprint density at radius 3 is 2.48 bits per heavy atom. The van der Waals surface area contributed by atoms with E-state index < -0.39 is 5.41 Å². The fourth-order valence-electron chi connectivity index (χ4n) is 1.93. The third-order valence-corrected chi connectivity index (χ3v) is 3.47. The van der Waals surface area contributed by atoms with Crippen LogP contribution in [0.3, 0.4) is 0 Å². The maximum atomic E-state index is 11.7. The Bertz CT molecular complexity index is 509. The maximum absolute atomic E-state index is 11.7. The zero-order valence-corrected chi connectivity index (χ0v) is 13.6. The van der Waals surface area contributed by atoms with E-state index in [1.165, 1.54) is 11.1 Å². The minimum Gasteiger partial charge on any atom is -0.359 e. The molecular weight excluding hydrogens is 264 g/mol. The molecule has 0 aromatic heterocycles. The molecule has 1 amide bonds. The second-order valence-corrected chi connectivity index (χ2v) is 5.67. The second kappa shape index (κ2) is 7.67. The Morgan fingerprint density at radius 1 is 1.24 bits per heavy atom. The monoisotopic (exact) mass is 290 g/mol. The van der Waals surface area contributed by atoms with Crippen LogP contribution in [0.5, 0.6) is 0 Å². The molecular formula is C16H26N4O. The first kappa shape index (κ1) is 17.0.